The summed E-state index contributed by atoms with van der Waals surface area (Å²) < 4.78 is 10.8. The van der Waals surface area contributed by atoms with Gasteiger partial charge in [-0.1, -0.05) is 31.4 Å². The van der Waals surface area contributed by atoms with E-state index in [0.717, 1.165) is 50.7 Å². The van der Waals surface area contributed by atoms with Crippen molar-refractivity contribution in [1.29, 1.82) is 0 Å². The predicted molar refractivity (Wildman–Crippen MR) is 111 cm³/mol. The zero-order valence-corrected chi connectivity index (χ0v) is 17.4. The number of amides is 1. The van der Waals surface area contributed by atoms with E-state index >= 15 is 0 Å². The van der Waals surface area contributed by atoms with E-state index in [4.69, 9.17) is 9.47 Å². The lowest BCUT2D eigenvalue weighted by Crippen LogP contribution is -2.60. The first-order valence-corrected chi connectivity index (χ1v) is 10.5. The largest absolute Gasteiger partial charge is 0.497 e. The van der Waals surface area contributed by atoms with Crippen LogP contribution in [0.3, 0.4) is 0 Å². The maximum absolute atomic E-state index is 12.6. The number of carbonyl (C=O) groups is 1. The molecule has 3 rings (SSSR count). The van der Waals surface area contributed by atoms with Crippen LogP contribution < -0.4 is 10.1 Å². The maximum atomic E-state index is 12.6. The van der Waals surface area contributed by atoms with Gasteiger partial charge >= 0.3 is 0 Å². The second-order valence-electron chi connectivity index (χ2n) is 8.18. The monoisotopic (exact) mass is 389 g/mol. The lowest BCUT2D eigenvalue weighted by atomic mass is 9.79. The van der Waals surface area contributed by atoms with Gasteiger partial charge in [0.25, 0.3) is 0 Å². The predicted octanol–water partition coefficient (Wildman–Crippen LogP) is 2.28. The molecule has 1 aliphatic heterocycles. The Morgan fingerprint density at radius 1 is 1.25 bits per heavy atom. The van der Waals surface area contributed by atoms with Crippen LogP contribution in [-0.4, -0.2) is 74.8 Å². The highest BCUT2D eigenvalue weighted by Gasteiger charge is 2.38. The van der Waals surface area contributed by atoms with Gasteiger partial charge < -0.3 is 14.8 Å². The van der Waals surface area contributed by atoms with Crippen molar-refractivity contribution in [3.63, 3.8) is 0 Å². The molecule has 0 bridgehead atoms. The molecule has 1 amide bonds. The molecule has 1 N–H and O–H groups in total. The summed E-state index contributed by atoms with van der Waals surface area (Å²) in [4.78, 5) is 17.2. The third-order valence-corrected chi connectivity index (χ3v) is 6.08. The van der Waals surface area contributed by atoms with Gasteiger partial charge in [-0.25, -0.2) is 0 Å². The first-order valence-electron chi connectivity index (χ1n) is 10.5. The van der Waals surface area contributed by atoms with Gasteiger partial charge in [0.1, 0.15) is 5.75 Å². The van der Waals surface area contributed by atoms with E-state index in [2.05, 4.69) is 16.3 Å². The van der Waals surface area contributed by atoms with Crippen molar-refractivity contribution in [2.45, 2.75) is 44.2 Å². The Labute approximate surface area is 169 Å². The van der Waals surface area contributed by atoms with Gasteiger partial charge in [-0.2, -0.15) is 0 Å². The molecule has 2 fully saturated rings. The highest BCUT2D eigenvalue weighted by molar-refractivity contribution is 5.78. The molecule has 0 radical (unpaired) electrons. The van der Waals surface area contributed by atoms with Crippen LogP contribution in [0.4, 0.5) is 0 Å². The smallest absolute Gasteiger partial charge is 0.234 e. The molecule has 6 heteroatoms. The first kappa shape index (κ1) is 21.1. The fourth-order valence-electron chi connectivity index (χ4n) is 4.55. The number of nitrogens with zero attached hydrogens (tertiary/aromatic N) is 2. The van der Waals surface area contributed by atoms with E-state index in [-0.39, 0.29) is 11.4 Å². The van der Waals surface area contributed by atoms with Crippen LogP contribution in [0, 0.1) is 0 Å². The van der Waals surface area contributed by atoms with Crippen molar-refractivity contribution >= 4 is 5.91 Å². The van der Waals surface area contributed by atoms with Crippen LogP contribution in [0.15, 0.2) is 24.3 Å². The Hall–Kier alpha value is -1.63. The summed E-state index contributed by atoms with van der Waals surface area (Å²) in [6, 6.07) is 8.00. The number of hydrogen-bond acceptors (Lipinski definition) is 5. The number of hydrogen-bond donors (Lipinski definition) is 1. The van der Waals surface area contributed by atoms with Gasteiger partial charge in [0.2, 0.25) is 5.91 Å². The standard InChI is InChI=1S/C22H35N3O3/c1-24(16-19-7-6-8-20(15-19)27-2)17-21(26)23-18-22(9-4-3-5-10-22)25-11-13-28-14-12-25/h6-8,15H,3-5,9-14,16-18H2,1-2H3,(H,23,26). The second-order valence-corrected chi connectivity index (χ2v) is 8.18. The van der Waals surface area contributed by atoms with Gasteiger partial charge in [0, 0.05) is 31.7 Å². The molecule has 0 atom stereocenters. The van der Waals surface area contributed by atoms with E-state index in [0.29, 0.717) is 6.54 Å². The Bertz CT molecular complexity index is 625. The Morgan fingerprint density at radius 2 is 2.00 bits per heavy atom. The SMILES string of the molecule is COc1cccc(CN(C)CC(=O)NCC2(N3CCOCC3)CCCCC2)c1. The van der Waals surface area contributed by atoms with Gasteiger partial charge in [0.15, 0.2) is 0 Å². The minimum atomic E-state index is 0.101. The third-order valence-electron chi connectivity index (χ3n) is 6.08. The zero-order valence-electron chi connectivity index (χ0n) is 17.4. The average Bonchev–Trinajstić information content (AvgIpc) is 2.73. The topological polar surface area (TPSA) is 54.0 Å². The molecule has 0 aromatic heterocycles. The number of rotatable bonds is 8. The van der Waals surface area contributed by atoms with Crippen LogP contribution in [0.5, 0.6) is 5.75 Å². The van der Waals surface area contributed by atoms with Gasteiger partial charge in [-0.15, -0.1) is 0 Å². The molecule has 28 heavy (non-hydrogen) atoms. The fraction of sp³-hybridized carbons (Fsp3) is 0.682. The fourth-order valence-corrected chi connectivity index (χ4v) is 4.55. The van der Waals surface area contributed by atoms with Crippen molar-refractivity contribution < 1.29 is 14.3 Å². The summed E-state index contributed by atoms with van der Waals surface area (Å²) in [5.41, 5.74) is 1.26. The van der Waals surface area contributed by atoms with E-state index < -0.39 is 0 Å². The summed E-state index contributed by atoms with van der Waals surface area (Å²) in [7, 11) is 3.66. The van der Waals surface area contributed by atoms with Crippen LogP contribution >= 0.6 is 0 Å². The summed E-state index contributed by atoms with van der Waals surface area (Å²) in [5, 5.41) is 3.24. The minimum absolute atomic E-state index is 0.101. The quantitative estimate of drug-likeness (QED) is 0.739. The molecular formula is C22H35N3O3. The van der Waals surface area contributed by atoms with E-state index in [1.807, 2.05) is 30.1 Å². The summed E-state index contributed by atoms with van der Waals surface area (Å²) in [5.74, 6) is 0.948. The Kier molecular flexibility index (Phi) is 7.71. The molecule has 1 saturated heterocycles. The van der Waals surface area contributed by atoms with Gasteiger partial charge in [-0.3, -0.25) is 14.6 Å². The maximum Gasteiger partial charge on any atom is 0.234 e. The number of nitrogens with one attached hydrogen (secondary N) is 1. The number of ether oxygens (including phenoxy) is 2. The minimum Gasteiger partial charge on any atom is -0.497 e. The Morgan fingerprint density at radius 3 is 2.71 bits per heavy atom. The molecule has 1 aromatic rings. The van der Waals surface area contributed by atoms with Crippen molar-refractivity contribution in [1.82, 2.24) is 15.1 Å². The average molecular weight is 390 g/mol. The van der Waals surface area contributed by atoms with Crippen LogP contribution in [0.25, 0.3) is 0 Å². The van der Waals surface area contributed by atoms with Crippen molar-refractivity contribution in [3.8, 4) is 5.75 Å². The molecule has 0 spiro atoms. The molecule has 0 unspecified atom stereocenters. The molecule has 1 aromatic carbocycles. The first-order chi connectivity index (χ1) is 13.6. The Balaban J connectivity index is 1.51. The number of benzene rings is 1. The normalized spacial score (nSPS) is 20.1. The molecule has 1 aliphatic carbocycles. The van der Waals surface area contributed by atoms with E-state index in [1.54, 1.807) is 7.11 Å². The van der Waals surface area contributed by atoms with Crippen LogP contribution in [0.1, 0.15) is 37.7 Å². The highest BCUT2D eigenvalue weighted by atomic mass is 16.5. The lowest BCUT2D eigenvalue weighted by molar-refractivity contribution is -0.123. The van der Waals surface area contributed by atoms with Crippen molar-refractivity contribution in [2.24, 2.45) is 0 Å². The van der Waals surface area contributed by atoms with Crippen LogP contribution in [0.2, 0.25) is 0 Å². The summed E-state index contributed by atoms with van der Waals surface area (Å²) in [6.45, 7) is 5.43. The molecule has 6 nitrogen and oxygen atoms in total. The van der Waals surface area contributed by atoms with Crippen molar-refractivity contribution in [3.05, 3.63) is 29.8 Å². The number of methoxy groups -OCH3 is 1. The van der Waals surface area contributed by atoms with Crippen molar-refractivity contribution in [2.75, 3.05) is 53.6 Å². The molecule has 156 valence electrons. The summed E-state index contributed by atoms with van der Waals surface area (Å²) >= 11 is 0. The second kappa shape index (κ2) is 10.2. The molecular weight excluding hydrogens is 354 g/mol. The van der Waals surface area contributed by atoms with Gasteiger partial charge in [-0.05, 0) is 37.6 Å². The third kappa shape index (κ3) is 5.69. The molecule has 1 heterocycles. The number of likely N-dealkylation sites (N-methyl/N-ethyl adjacent to an activating group) is 1. The lowest BCUT2D eigenvalue weighted by Gasteiger charge is -2.48. The molecule has 1 saturated carbocycles. The number of carbonyl (C=O) groups excluding carboxylic acids is 1. The van der Waals surface area contributed by atoms with Crippen LogP contribution in [-0.2, 0) is 16.1 Å². The molecule has 2 aliphatic rings. The zero-order chi connectivity index (χ0) is 19.8. The van der Waals surface area contributed by atoms with Gasteiger partial charge in [0.05, 0.1) is 26.9 Å². The highest BCUT2D eigenvalue weighted by Crippen LogP contribution is 2.33. The summed E-state index contributed by atoms with van der Waals surface area (Å²) in [6.07, 6.45) is 6.16. The van der Waals surface area contributed by atoms with E-state index in [9.17, 15) is 4.79 Å². The van der Waals surface area contributed by atoms with E-state index in [1.165, 1.54) is 32.1 Å². The number of morpholine rings is 1.